The lowest BCUT2D eigenvalue weighted by Crippen LogP contribution is -2.18. The molecule has 0 radical (unpaired) electrons. The first-order chi connectivity index (χ1) is 6.84. The van der Waals surface area contributed by atoms with E-state index in [0.717, 1.165) is 5.75 Å². The van der Waals surface area contributed by atoms with E-state index in [4.69, 9.17) is 14.2 Å². The van der Waals surface area contributed by atoms with Crippen molar-refractivity contribution in [3.05, 3.63) is 29.8 Å². The molecule has 14 heavy (non-hydrogen) atoms. The highest BCUT2D eigenvalue weighted by Gasteiger charge is 2.16. The van der Waals surface area contributed by atoms with Gasteiger partial charge in [0.25, 0.3) is 0 Å². The Kier molecular flexibility index (Phi) is 3.01. The number of benzene rings is 1. The lowest BCUT2D eigenvalue weighted by molar-refractivity contribution is -0.0684. The minimum Gasteiger partial charge on any atom is -0.488 e. The molecule has 0 amide bonds. The summed E-state index contributed by atoms with van der Waals surface area (Å²) in [4.78, 5) is 0. The predicted molar refractivity (Wildman–Crippen MR) is 52.4 cm³/mol. The first kappa shape index (κ1) is 9.49. The molecule has 0 atom stereocenters. The maximum atomic E-state index is 5.49. The molecule has 0 spiro atoms. The maximum absolute atomic E-state index is 5.49. The monoisotopic (exact) mass is 194 g/mol. The standard InChI is InChI=1S/C11H14O3/c1-9-2-4-10(5-3-9)14-8-11-12-6-7-13-11/h2-5,11H,6-8H2,1H3. The molecule has 0 N–H and O–H groups in total. The molecule has 1 aromatic carbocycles. The molecule has 0 aliphatic carbocycles. The van der Waals surface area contributed by atoms with Gasteiger partial charge in [-0.1, -0.05) is 17.7 Å². The van der Waals surface area contributed by atoms with E-state index in [0.29, 0.717) is 19.8 Å². The second kappa shape index (κ2) is 4.44. The molecule has 1 fully saturated rings. The quantitative estimate of drug-likeness (QED) is 0.733. The average molecular weight is 194 g/mol. The number of hydrogen-bond donors (Lipinski definition) is 0. The van der Waals surface area contributed by atoms with Gasteiger partial charge in [-0.15, -0.1) is 0 Å². The average Bonchev–Trinajstić information content (AvgIpc) is 2.70. The van der Waals surface area contributed by atoms with Crippen LogP contribution in [0.15, 0.2) is 24.3 Å². The van der Waals surface area contributed by atoms with E-state index in [1.54, 1.807) is 0 Å². The van der Waals surface area contributed by atoms with Crippen molar-refractivity contribution in [2.75, 3.05) is 19.8 Å². The highest BCUT2D eigenvalue weighted by atomic mass is 16.7. The normalized spacial score (nSPS) is 17.2. The molecule has 0 bridgehead atoms. The van der Waals surface area contributed by atoms with Crippen molar-refractivity contribution in [3.63, 3.8) is 0 Å². The topological polar surface area (TPSA) is 27.7 Å². The van der Waals surface area contributed by atoms with E-state index in [-0.39, 0.29) is 6.29 Å². The van der Waals surface area contributed by atoms with Crippen LogP contribution in [0.3, 0.4) is 0 Å². The Morgan fingerprint density at radius 1 is 1.21 bits per heavy atom. The molecule has 3 heteroatoms. The Bertz CT molecular complexity index is 275. The van der Waals surface area contributed by atoms with Crippen LogP contribution in [-0.4, -0.2) is 26.1 Å². The zero-order chi connectivity index (χ0) is 9.80. The Labute approximate surface area is 83.6 Å². The molecule has 1 aliphatic rings. The van der Waals surface area contributed by atoms with Crippen molar-refractivity contribution in [3.8, 4) is 5.75 Å². The van der Waals surface area contributed by atoms with Crippen molar-refractivity contribution in [1.82, 2.24) is 0 Å². The number of aryl methyl sites for hydroxylation is 1. The van der Waals surface area contributed by atoms with E-state index in [9.17, 15) is 0 Å². The van der Waals surface area contributed by atoms with Crippen LogP contribution in [0.2, 0.25) is 0 Å². The van der Waals surface area contributed by atoms with Gasteiger partial charge in [-0.25, -0.2) is 0 Å². The summed E-state index contributed by atoms with van der Waals surface area (Å²) >= 11 is 0. The Hall–Kier alpha value is -1.06. The third-order valence-corrected chi connectivity index (χ3v) is 2.10. The van der Waals surface area contributed by atoms with Gasteiger partial charge in [-0.05, 0) is 19.1 Å². The van der Waals surface area contributed by atoms with Crippen molar-refractivity contribution in [2.24, 2.45) is 0 Å². The summed E-state index contributed by atoms with van der Waals surface area (Å²) in [5.74, 6) is 0.856. The Balaban J connectivity index is 1.82. The smallest absolute Gasteiger partial charge is 0.191 e. The molecule has 1 aromatic rings. The summed E-state index contributed by atoms with van der Waals surface area (Å²) < 4.78 is 16.0. The number of hydrogen-bond acceptors (Lipinski definition) is 3. The summed E-state index contributed by atoms with van der Waals surface area (Å²) in [6.45, 7) is 3.85. The summed E-state index contributed by atoms with van der Waals surface area (Å²) in [7, 11) is 0. The van der Waals surface area contributed by atoms with Crippen LogP contribution in [0.4, 0.5) is 0 Å². The largest absolute Gasteiger partial charge is 0.488 e. The van der Waals surface area contributed by atoms with Crippen LogP contribution in [0.5, 0.6) is 5.75 Å². The van der Waals surface area contributed by atoms with Gasteiger partial charge in [0.05, 0.1) is 13.2 Å². The van der Waals surface area contributed by atoms with Crippen LogP contribution in [0.1, 0.15) is 5.56 Å². The minimum atomic E-state index is -0.198. The third-order valence-electron chi connectivity index (χ3n) is 2.10. The van der Waals surface area contributed by atoms with Crippen LogP contribution < -0.4 is 4.74 Å². The molecule has 0 aromatic heterocycles. The van der Waals surface area contributed by atoms with E-state index in [1.165, 1.54) is 5.56 Å². The number of ether oxygens (including phenoxy) is 3. The van der Waals surface area contributed by atoms with Gasteiger partial charge in [-0.3, -0.25) is 0 Å². The first-order valence-electron chi connectivity index (χ1n) is 4.77. The number of rotatable bonds is 3. The van der Waals surface area contributed by atoms with Gasteiger partial charge in [0.2, 0.25) is 0 Å². The SMILES string of the molecule is Cc1ccc(OCC2OCCO2)cc1. The predicted octanol–water partition coefficient (Wildman–Crippen LogP) is 1.75. The lowest BCUT2D eigenvalue weighted by Gasteiger charge is -2.10. The summed E-state index contributed by atoms with van der Waals surface area (Å²) in [5.41, 5.74) is 1.23. The van der Waals surface area contributed by atoms with Gasteiger partial charge in [0, 0.05) is 0 Å². The van der Waals surface area contributed by atoms with Crippen molar-refractivity contribution < 1.29 is 14.2 Å². The van der Waals surface area contributed by atoms with Crippen LogP contribution in [-0.2, 0) is 9.47 Å². The fourth-order valence-corrected chi connectivity index (χ4v) is 1.30. The second-order valence-corrected chi connectivity index (χ2v) is 3.30. The van der Waals surface area contributed by atoms with Gasteiger partial charge < -0.3 is 14.2 Å². The molecule has 0 unspecified atom stereocenters. The van der Waals surface area contributed by atoms with E-state index in [1.807, 2.05) is 31.2 Å². The molecule has 3 nitrogen and oxygen atoms in total. The van der Waals surface area contributed by atoms with Crippen LogP contribution in [0.25, 0.3) is 0 Å². The Morgan fingerprint density at radius 3 is 2.50 bits per heavy atom. The molecular formula is C11H14O3. The van der Waals surface area contributed by atoms with Crippen molar-refractivity contribution in [1.29, 1.82) is 0 Å². The fourth-order valence-electron chi connectivity index (χ4n) is 1.30. The minimum absolute atomic E-state index is 0.198. The summed E-state index contributed by atoms with van der Waals surface area (Å²) in [5, 5.41) is 0. The van der Waals surface area contributed by atoms with Crippen molar-refractivity contribution in [2.45, 2.75) is 13.2 Å². The molecule has 0 saturated carbocycles. The Morgan fingerprint density at radius 2 is 1.86 bits per heavy atom. The van der Waals surface area contributed by atoms with Gasteiger partial charge in [0.15, 0.2) is 6.29 Å². The second-order valence-electron chi connectivity index (χ2n) is 3.30. The lowest BCUT2D eigenvalue weighted by atomic mass is 10.2. The third kappa shape index (κ3) is 2.47. The molecule has 1 aliphatic heterocycles. The summed E-state index contributed by atoms with van der Waals surface area (Å²) in [6.07, 6.45) is -0.198. The van der Waals surface area contributed by atoms with Gasteiger partial charge in [-0.2, -0.15) is 0 Å². The van der Waals surface area contributed by atoms with E-state index < -0.39 is 0 Å². The van der Waals surface area contributed by atoms with Gasteiger partial charge >= 0.3 is 0 Å². The maximum Gasteiger partial charge on any atom is 0.191 e. The zero-order valence-electron chi connectivity index (χ0n) is 8.23. The van der Waals surface area contributed by atoms with Gasteiger partial charge in [0.1, 0.15) is 12.4 Å². The van der Waals surface area contributed by atoms with Crippen LogP contribution >= 0.6 is 0 Å². The molecular weight excluding hydrogens is 180 g/mol. The highest BCUT2D eigenvalue weighted by molar-refractivity contribution is 5.26. The highest BCUT2D eigenvalue weighted by Crippen LogP contribution is 2.13. The van der Waals surface area contributed by atoms with E-state index >= 15 is 0 Å². The molecule has 1 heterocycles. The first-order valence-corrected chi connectivity index (χ1v) is 4.77. The summed E-state index contributed by atoms with van der Waals surface area (Å²) in [6, 6.07) is 7.94. The van der Waals surface area contributed by atoms with Crippen LogP contribution in [0, 0.1) is 6.92 Å². The van der Waals surface area contributed by atoms with E-state index in [2.05, 4.69) is 0 Å². The van der Waals surface area contributed by atoms with Crippen molar-refractivity contribution >= 4 is 0 Å². The molecule has 1 saturated heterocycles. The fraction of sp³-hybridized carbons (Fsp3) is 0.455. The molecule has 76 valence electrons. The molecule has 2 rings (SSSR count). The zero-order valence-corrected chi connectivity index (χ0v) is 8.23.